The van der Waals surface area contributed by atoms with Crippen LogP contribution in [0.1, 0.15) is 34.3 Å². The van der Waals surface area contributed by atoms with Crippen molar-refractivity contribution in [2.24, 2.45) is 0 Å². The first-order valence-electron chi connectivity index (χ1n) is 6.41. The second-order valence-electron chi connectivity index (χ2n) is 4.76. The van der Waals surface area contributed by atoms with E-state index in [9.17, 15) is 26.4 Å². The van der Waals surface area contributed by atoms with Crippen LogP contribution < -0.4 is 4.18 Å². The van der Waals surface area contributed by atoms with Crippen LogP contribution in [-0.4, -0.2) is 27.0 Å². The van der Waals surface area contributed by atoms with E-state index in [1.807, 2.05) is 0 Å². The lowest BCUT2D eigenvalue weighted by Crippen LogP contribution is -2.29. The minimum Gasteiger partial charge on any atom is -0.465 e. The number of carbonyl (C=O) groups excluding carboxylic acids is 1. The second kappa shape index (κ2) is 5.79. The summed E-state index contributed by atoms with van der Waals surface area (Å²) >= 11 is 0. The highest BCUT2D eigenvalue weighted by Crippen LogP contribution is 2.35. The van der Waals surface area contributed by atoms with E-state index >= 15 is 0 Å². The molecule has 1 aromatic rings. The summed E-state index contributed by atoms with van der Waals surface area (Å²) in [6.45, 7) is 0. The topological polar surface area (TPSA) is 69.7 Å². The van der Waals surface area contributed by atoms with Gasteiger partial charge in [0.1, 0.15) is 5.56 Å². The number of aryl methyl sites for hydroxylation is 1. The largest absolute Gasteiger partial charge is 0.534 e. The van der Waals surface area contributed by atoms with E-state index in [4.69, 9.17) is 0 Å². The zero-order valence-corrected chi connectivity index (χ0v) is 12.4. The van der Waals surface area contributed by atoms with Gasteiger partial charge in [-0.1, -0.05) is 6.07 Å². The van der Waals surface area contributed by atoms with Crippen molar-refractivity contribution in [1.82, 2.24) is 0 Å². The fourth-order valence-corrected chi connectivity index (χ4v) is 2.84. The minimum atomic E-state index is -5.85. The predicted octanol–water partition coefficient (Wildman–Crippen LogP) is 2.58. The molecular weight excluding hydrogens is 325 g/mol. The summed E-state index contributed by atoms with van der Waals surface area (Å²) in [6, 6.07) is 2.53. The van der Waals surface area contributed by atoms with Gasteiger partial charge in [-0.15, -0.1) is 0 Å². The first-order chi connectivity index (χ1) is 10.2. The molecule has 5 nitrogen and oxygen atoms in total. The Morgan fingerprint density at radius 1 is 1.18 bits per heavy atom. The molecule has 0 saturated heterocycles. The number of hydrogen-bond acceptors (Lipinski definition) is 5. The molecule has 1 aliphatic rings. The van der Waals surface area contributed by atoms with E-state index in [-0.39, 0.29) is 5.56 Å². The summed E-state index contributed by atoms with van der Waals surface area (Å²) in [7, 11) is -4.79. The number of alkyl halides is 3. The summed E-state index contributed by atoms with van der Waals surface area (Å²) < 4.78 is 68.3. The molecule has 0 spiro atoms. The molecule has 0 heterocycles. The Labute approximate surface area is 125 Å². The normalized spacial score (nSPS) is 15.1. The average Bonchev–Trinajstić information content (AvgIpc) is 2.44. The fourth-order valence-electron chi connectivity index (χ4n) is 2.37. The van der Waals surface area contributed by atoms with Crippen LogP contribution in [0.3, 0.4) is 0 Å². The zero-order valence-electron chi connectivity index (χ0n) is 11.6. The van der Waals surface area contributed by atoms with Crippen LogP contribution in [0, 0.1) is 0 Å². The lowest BCUT2D eigenvalue weighted by atomic mass is 9.88. The van der Waals surface area contributed by atoms with Crippen molar-refractivity contribution in [3.63, 3.8) is 0 Å². The van der Waals surface area contributed by atoms with Crippen LogP contribution in [-0.2, 0) is 27.7 Å². The molecule has 0 saturated carbocycles. The van der Waals surface area contributed by atoms with Gasteiger partial charge < -0.3 is 8.92 Å². The number of esters is 1. The molecule has 0 aromatic heterocycles. The summed E-state index contributed by atoms with van der Waals surface area (Å²) in [4.78, 5) is 11.9. The summed E-state index contributed by atoms with van der Waals surface area (Å²) in [5, 5.41) is 0. The molecule has 0 aliphatic heterocycles. The van der Waals surface area contributed by atoms with E-state index in [2.05, 4.69) is 8.92 Å². The Morgan fingerprint density at radius 3 is 2.41 bits per heavy atom. The summed E-state index contributed by atoms with van der Waals surface area (Å²) in [5.74, 6) is -1.59. The van der Waals surface area contributed by atoms with Crippen LogP contribution >= 0.6 is 0 Å². The van der Waals surface area contributed by atoms with Gasteiger partial charge in [-0.05, 0) is 42.9 Å². The summed E-state index contributed by atoms with van der Waals surface area (Å²) in [6.07, 6.45) is 2.73. The Kier molecular flexibility index (Phi) is 4.37. The van der Waals surface area contributed by atoms with Crippen LogP contribution in [0.4, 0.5) is 13.2 Å². The molecule has 0 radical (unpaired) electrons. The number of methoxy groups -OCH3 is 1. The molecule has 0 fully saturated rings. The van der Waals surface area contributed by atoms with Gasteiger partial charge in [-0.3, -0.25) is 0 Å². The molecule has 122 valence electrons. The van der Waals surface area contributed by atoms with Crippen LogP contribution in [0.2, 0.25) is 0 Å². The number of halogens is 3. The molecule has 1 aliphatic carbocycles. The van der Waals surface area contributed by atoms with Gasteiger partial charge in [0.15, 0.2) is 5.75 Å². The average molecular weight is 338 g/mol. The third-order valence-corrected chi connectivity index (χ3v) is 4.33. The van der Waals surface area contributed by atoms with Gasteiger partial charge in [-0.25, -0.2) is 4.79 Å². The van der Waals surface area contributed by atoms with Crippen molar-refractivity contribution in [3.05, 3.63) is 28.8 Å². The van der Waals surface area contributed by atoms with Gasteiger partial charge in [0.2, 0.25) is 0 Å². The zero-order chi connectivity index (χ0) is 16.5. The molecule has 2 rings (SSSR count). The number of fused-ring (bicyclic) bond motifs is 1. The molecule has 22 heavy (non-hydrogen) atoms. The number of rotatable bonds is 3. The lowest BCUT2D eigenvalue weighted by molar-refractivity contribution is -0.0500. The van der Waals surface area contributed by atoms with E-state index < -0.39 is 27.3 Å². The lowest BCUT2D eigenvalue weighted by Gasteiger charge is -2.21. The van der Waals surface area contributed by atoms with E-state index in [0.29, 0.717) is 18.4 Å². The quantitative estimate of drug-likeness (QED) is 0.481. The van der Waals surface area contributed by atoms with Crippen molar-refractivity contribution in [1.29, 1.82) is 0 Å². The number of carbonyl (C=O) groups is 1. The maximum absolute atomic E-state index is 12.4. The molecule has 0 unspecified atom stereocenters. The van der Waals surface area contributed by atoms with E-state index in [0.717, 1.165) is 31.6 Å². The Morgan fingerprint density at radius 2 is 1.82 bits per heavy atom. The smallest absolute Gasteiger partial charge is 0.465 e. The van der Waals surface area contributed by atoms with Gasteiger partial charge in [0, 0.05) is 0 Å². The second-order valence-corrected chi connectivity index (χ2v) is 6.30. The highest BCUT2D eigenvalue weighted by atomic mass is 32.2. The number of ether oxygens (including phenoxy) is 1. The molecule has 0 atom stereocenters. The SMILES string of the molecule is COC(=O)c1c(OS(=O)(=O)C(F)(F)F)ccc2c1CCCC2. The van der Waals surface area contributed by atoms with Gasteiger partial charge in [0.25, 0.3) is 0 Å². The van der Waals surface area contributed by atoms with Crippen LogP contribution in [0.25, 0.3) is 0 Å². The highest BCUT2D eigenvalue weighted by molar-refractivity contribution is 7.88. The molecule has 0 N–H and O–H groups in total. The standard InChI is InChI=1S/C13H13F3O5S/c1-20-12(17)11-9-5-3-2-4-8(9)6-7-10(11)21-22(18,19)13(14,15)16/h6-7H,2-5H2,1H3. The maximum atomic E-state index is 12.4. The maximum Gasteiger partial charge on any atom is 0.534 e. The fraction of sp³-hybridized carbons (Fsp3) is 0.462. The van der Waals surface area contributed by atoms with Crippen molar-refractivity contribution in [2.75, 3.05) is 7.11 Å². The van der Waals surface area contributed by atoms with Crippen LogP contribution in [0.15, 0.2) is 12.1 Å². The first kappa shape index (κ1) is 16.6. The minimum absolute atomic E-state index is 0.257. The molecule has 0 amide bonds. The van der Waals surface area contributed by atoms with E-state index in [1.165, 1.54) is 6.07 Å². The van der Waals surface area contributed by atoms with Crippen molar-refractivity contribution in [3.8, 4) is 5.75 Å². The van der Waals surface area contributed by atoms with E-state index in [1.54, 1.807) is 0 Å². The van der Waals surface area contributed by atoms with Gasteiger partial charge in [0.05, 0.1) is 7.11 Å². The third-order valence-electron chi connectivity index (χ3n) is 3.37. The van der Waals surface area contributed by atoms with Gasteiger partial charge in [-0.2, -0.15) is 21.6 Å². The number of hydrogen-bond donors (Lipinski definition) is 0. The first-order valence-corrected chi connectivity index (χ1v) is 7.82. The van der Waals surface area contributed by atoms with Crippen molar-refractivity contribution < 1.29 is 35.3 Å². The molecule has 1 aromatic carbocycles. The predicted molar refractivity (Wildman–Crippen MR) is 70.0 cm³/mol. The Bertz CT molecular complexity index is 694. The highest BCUT2D eigenvalue weighted by Gasteiger charge is 2.49. The molecular formula is C13H13F3O5S. The van der Waals surface area contributed by atoms with Gasteiger partial charge >= 0.3 is 21.6 Å². The monoisotopic (exact) mass is 338 g/mol. The Hall–Kier alpha value is -1.77. The number of benzene rings is 1. The summed E-state index contributed by atoms with van der Waals surface area (Å²) in [5.41, 5.74) is -4.57. The molecule has 9 heteroatoms. The van der Waals surface area contributed by atoms with Crippen molar-refractivity contribution in [2.45, 2.75) is 31.2 Å². The Balaban J connectivity index is 2.55. The van der Waals surface area contributed by atoms with Crippen LogP contribution in [0.5, 0.6) is 5.75 Å². The van der Waals surface area contributed by atoms with Crippen molar-refractivity contribution >= 4 is 16.1 Å². The third kappa shape index (κ3) is 3.03. The molecule has 0 bridgehead atoms.